The number of carbonyl (C=O) groups excluding carboxylic acids is 2. The van der Waals surface area contributed by atoms with Gasteiger partial charge >= 0.3 is 11.9 Å². The Kier molecular flexibility index (Phi) is 6.62. The summed E-state index contributed by atoms with van der Waals surface area (Å²) in [4.78, 5) is 26.3. The van der Waals surface area contributed by atoms with E-state index < -0.39 is 76.7 Å². The average molecular weight is 563 g/mol. The lowest BCUT2D eigenvalue weighted by Gasteiger charge is -2.58. The van der Waals surface area contributed by atoms with E-state index in [9.17, 15) is 24.9 Å². The highest BCUT2D eigenvalue weighted by atomic mass is 16.7. The van der Waals surface area contributed by atoms with E-state index in [1.54, 1.807) is 26.0 Å². The molecule has 0 aromatic carbocycles. The number of esters is 2. The first kappa shape index (κ1) is 28.0. The lowest BCUT2D eigenvalue weighted by Crippen LogP contribution is -2.68. The first-order chi connectivity index (χ1) is 18.9. The minimum absolute atomic E-state index is 0.134. The van der Waals surface area contributed by atoms with Crippen molar-refractivity contribution in [1.29, 1.82) is 0 Å². The Hall–Kier alpha value is -2.12. The van der Waals surface area contributed by atoms with Crippen molar-refractivity contribution in [2.45, 2.75) is 101 Å². The van der Waals surface area contributed by atoms with Gasteiger partial charge in [0.05, 0.1) is 43.0 Å². The maximum absolute atomic E-state index is 13.3. The van der Waals surface area contributed by atoms with Crippen molar-refractivity contribution in [2.24, 2.45) is 10.8 Å². The van der Waals surface area contributed by atoms with Crippen LogP contribution in [-0.4, -0.2) is 107 Å². The van der Waals surface area contributed by atoms with Gasteiger partial charge in [-0.15, -0.1) is 0 Å². The minimum Gasteiger partial charge on any atom is -0.463 e. The van der Waals surface area contributed by atoms with E-state index in [4.69, 9.17) is 28.4 Å². The third kappa shape index (κ3) is 3.97. The van der Waals surface area contributed by atoms with Crippen molar-refractivity contribution in [3.05, 3.63) is 36.0 Å². The van der Waals surface area contributed by atoms with Gasteiger partial charge in [-0.2, -0.15) is 0 Å². The van der Waals surface area contributed by atoms with Crippen molar-refractivity contribution in [1.82, 2.24) is 0 Å². The predicted molar refractivity (Wildman–Crippen MR) is 137 cm³/mol. The van der Waals surface area contributed by atoms with Crippen LogP contribution in [-0.2, 0) is 38.0 Å². The van der Waals surface area contributed by atoms with Crippen LogP contribution < -0.4 is 0 Å². The average Bonchev–Trinajstić information content (AvgIpc) is 3.81. The second-order valence-electron chi connectivity index (χ2n) is 12.5. The minimum atomic E-state index is -1.22. The summed E-state index contributed by atoms with van der Waals surface area (Å²) in [5.41, 5.74) is -3.03. The van der Waals surface area contributed by atoms with E-state index in [0.29, 0.717) is 13.0 Å². The molecule has 2 aliphatic carbocycles. The lowest BCUT2D eigenvalue weighted by molar-refractivity contribution is -0.239. The Bertz CT molecular complexity index is 1160. The molecule has 2 bridgehead atoms. The van der Waals surface area contributed by atoms with Gasteiger partial charge in [-0.1, -0.05) is 31.2 Å². The van der Waals surface area contributed by atoms with Gasteiger partial charge in [-0.25, -0.2) is 9.59 Å². The number of rotatable bonds is 1. The molecule has 1 saturated carbocycles. The van der Waals surface area contributed by atoms with Gasteiger partial charge in [0, 0.05) is 17.9 Å². The number of hydrogen-bond acceptors (Lipinski definition) is 11. The van der Waals surface area contributed by atoms with Crippen LogP contribution >= 0.6 is 0 Å². The van der Waals surface area contributed by atoms with Gasteiger partial charge in [0.2, 0.25) is 0 Å². The zero-order valence-electron chi connectivity index (χ0n) is 23.1. The highest BCUT2D eigenvalue weighted by Gasteiger charge is 2.83. The largest absolute Gasteiger partial charge is 0.463 e. The lowest BCUT2D eigenvalue weighted by atomic mass is 9.51. The third-order valence-corrected chi connectivity index (χ3v) is 10.3. The Morgan fingerprint density at radius 2 is 1.85 bits per heavy atom. The van der Waals surface area contributed by atoms with Gasteiger partial charge in [0.25, 0.3) is 0 Å². The number of allylic oxidation sites excluding steroid dienone is 2. The zero-order chi connectivity index (χ0) is 28.7. The molecule has 4 heterocycles. The van der Waals surface area contributed by atoms with Crippen LogP contribution in [0.4, 0.5) is 0 Å². The number of ether oxygens (including phenoxy) is 6. The summed E-state index contributed by atoms with van der Waals surface area (Å²) < 4.78 is 35.9. The first-order valence-electron chi connectivity index (χ1n) is 13.9. The fraction of sp³-hybridized carbons (Fsp3) is 0.724. The van der Waals surface area contributed by atoms with Crippen LogP contribution in [0.25, 0.3) is 0 Å². The molecule has 220 valence electrons. The summed E-state index contributed by atoms with van der Waals surface area (Å²) in [6.45, 7) is 7.03. The number of fused-ring (bicyclic) bond motifs is 1. The zero-order valence-corrected chi connectivity index (χ0v) is 23.1. The molecule has 4 aliphatic heterocycles. The monoisotopic (exact) mass is 562 g/mol. The Morgan fingerprint density at radius 3 is 2.55 bits per heavy atom. The van der Waals surface area contributed by atoms with Crippen LogP contribution in [0, 0.1) is 10.8 Å². The second-order valence-corrected chi connectivity index (χ2v) is 12.5. The maximum Gasteiger partial charge on any atom is 0.338 e. The second kappa shape index (κ2) is 9.45. The quantitative estimate of drug-likeness (QED) is 0.232. The fourth-order valence-electron chi connectivity index (χ4n) is 7.38. The summed E-state index contributed by atoms with van der Waals surface area (Å²) in [6.07, 6.45) is 2.24. The Morgan fingerprint density at radius 1 is 1.10 bits per heavy atom. The topological polar surface area (TPSA) is 157 Å². The maximum atomic E-state index is 13.3. The molecule has 11 heteroatoms. The Labute approximate surface area is 232 Å². The van der Waals surface area contributed by atoms with Crippen molar-refractivity contribution in [3.8, 4) is 0 Å². The number of epoxide rings is 2. The molecule has 40 heavy (non-hydrogen) atoms. The van der Waals surface area contributed by atoms with Gasteiger partial charge in [0.15, 0.2) is 6.10 Å². The van der Waals surface area contributed by atoms with Crippen LogP contribution in [0.15, 0.2) is 36.0 Å². The molecular weight excluding hydrogens is 524 g/mol. The smallest absolute Gasteiger partial charge is 0.338 e. The standard InChI is InChI=1S/C29H38O11/c1-15-9-21-28(11-17(15)31)13-36-25(34)24-26(3,40-24)19(32)12-35-18(16(2)30)7-5-6-8-23(33)39-20-10-22(38-21)29(14-37-29)27(20,28)4/h5-9,16-22,24,30-32H,10-14H2,1-4H3/b7-5+,8-6-/t16-,17-,18-,19-,20-,21-,22-,24-,26-,27-,28-,29+/m1/s1. The third-order valence-electron chi connectivity index (χ3n) is 10.3. The number of hydrogen-bond donors (Lipinski definition) is 3. The van der Waals surface area contributed by atoms with E-state index >= 15 is 0 Å². The fourth-order valence-corrected chi connectivity index (χ4v) is 7.38. The van der Waals surface area contributed by atoms with E-state index in [2.05, 4.69) is 0 Å². The highest BCUT2D eigenvalue weighted by molar-refractivity contribution is 5.82. The summed E-state index contributed by atoms with van der Waals surface area (Å²) in [7, 11) is 0. The van der Waals surface area contributed by atoms with E-state index in [1.807, 2.05) is 19.9 Å². The molecular formula is C29H38O11. The summed E-state index contributed by atoms with van der Waals surface area (Å²) >= 11 is 0. The molecule has 2 spiro atoms. The first-order valence-corrected chi connectivity index (χ1v) is 13.9. The molecule has 0 amide bonds. The van der Waals surface area contributed by atoms with Crippen LogP contribution in [0.1, 0.15) is 40.5 Å². The van der Waals surface area contributed by atoms with E-state index in [0.717, 1.165) is 5.57 Å². The van der Waals surface area contributed by atoms with Gasteiger partial charge in [-0.3, -0.25) is 0 Å². The summed E-state index contributed by atoms with van der Waals surface area (Å²) in [5.74, 6) is -1.23. The van der Waals surface area contributed by atoms with Gasteiger partial charge < -0.3 is 43.7 Å². The van der Waals surface area contributed by atoms with Crippen LogP contribution in [0.3, 0.4) is 0 Å². The summed E-state index contributed by atoms with van der Waals surface area (Å²) in [5, 5.41) is 31.9. The van der Waals surface area contributed by atoms with E-state index in [1.165, 1.54) is 12.2 Å². The molecule has 3 N–H and O–H groups in total. The molecule has 3 saturated heterocycles. The van der Waals surface area contributed by atoms with Crippen molar-refractivity contribution < 1.29 is 53.3 Å². The van der Waals surface area contributed by atoms with Gasteiger partial charge in [0.1, 0.15) is 36.1 Å². The predicted octanol–water partition coefficient (Wildman–Crippen LogP) is 0.496. The molecule has 0 unspecified atom stereocenters. The van der Waals surface area contributed by atoms with Crippen molar-refractivity contribution in [3.63, 3.8) is 0 Å². The summed E-state index contributed by atoms with van der Waals surface area (Å²) in [6, 6.07) is 0. The number of aliphatic hydroxyl groups excluding tert-OH is 3. The number of aliphatic hydroxyl groups is 3. The van der Waals surface area contributed by atoms with Gasteiger partial charge in [-0.05, 0) is 32.8 Å². The van der Waals surface area contributed by atoms with Crippen molar-refractivity contribution >= 4 is 11.9 Å². The molecule has 11 nitrogen and oxygen atoms in total. The molecule has 0 radical (unpaired) electrons. The molecule has 0 aromatic heterocycles. The normalized spacial score (nSPS) is 52.6. The highest BCUT2D eigenvalue weighted by Crippen LogP contribution is 2.72. The van der Waals surface area contributed by atoms with E-state index in [-0.39, 0.29) is 25.7 Å². The Balaban J connectivity index is 1.38. The molecule has 12 atom stereocenters. The van der Waals surface area contributed by atoms with Crippen LogP contribution in [0.2, 0.25) is 0 Å². The SMILES string of the molecule is CC1=C[C@H]2O[C@@H]3C[C@H]4OC(=O)/C=C\C=C\[C@H]([C@@H](C)O)OC[C@@H](O)[C@@]5(C)O[C@@H]5C(=O)OC[C@@]2(C[C@H]1O)[C@]4(C)[C@]31CO1. The molecule has 0 aromatic rings. The molecule has 4 fully saturated rings. The van der Waals surface area contributed by atoms with Crippen molar-refractivity contribution in [2.75, 3.05) is 19.8 Å². The van der Waals surface area contributed by atoms with Crippen LogP contribution in [0.5, 0.6) is 0 Å². The number of cyclic esters (lactones) is 1. The molecule has 6 rings (SSSR count). The number of carbonyl (C=O) groups is 2. The molecule has 6 aliphatic rings.